The van der Waals surface area contributed by atoms with Crippen LogP contribution in [0.4, 0.5) is 4.39 Å². The number of aromatic carboxylic acids is 1. The summed E-state index contributed by atoms with van der Waals surface area (Å²) in [5.41, 5.74) is 0.740. The van der Waals surface area contributed by atoms with Gasteiger partial charge in [0.25, 0.3) is 0 Å². The fourth-order valence-electron chi connectivity index (χ4n) is 2.12. The number of thiophene rings is 1. The molecular weight excluding hydrogens is 291 g/mol. The molecule has 0 radical (unpaired) electrons. The molecule has 0 amide bonds. The van der Waals surface area contributed by atoms with Crippen molar-refractivity contribution in [3.8, 4) is 5.75 Å². The third kappa shape index (κ3) is 2.60. The number of halogens is 1. The molecule has 2 aromatic carbocycles. The van der Waals surface area contributed by atoms with E-state index in [-0.39, 0.29) is 17.9 Å². The van der Waals surface area contributed by atoms with E-state index in [0.29, 0.717) is 0 Å². The lowest BCUT2D eigenvalue weighted by Crippen LogP contribution is -2.05. The monoisotopic (exact) mass is 302 g/mol. The zero-order chi connectivity index (χ0) is 14.8. The van der Waals surface area contributed by atoms with Gasteiger partial charge < -0.3 is 9.84 Å². The van der Waals surface area contributed by atoms with Crippen molar-refractivity contribution in [3.63, 3.8) is 0 Å². The molecule has 5 heteroatoms. The third-order valence-electron chi connectivity index (χ3n) is 3.13. The van der Waals surface area contributed by atoms with E-state index in [1.54, 1.807) is 11.3 Å². The van der Waals surface area contributed by atoms with Crippen LogP contribution in [-0.2, 0) is 6.61 Å². The first-order valence-corrected chi connectivity index (χ1v) is 7.14. The van der Waals surface area contributed by atoms with Crippen molar-refractivity contribution in [1.29, 1.82) is 0 Å². The third-order valence-corrected chi connectivity index (χ3v) is 4.14. The van der Waals surface area contributed by atoms with Crippen LogP contribution in [-0.4, -0.2) is 11.1 Å². The van der Waals surface area contributed by atoms with Crippen LogP contribution in [0, 0.1) is 5.82 Å². The second-order valence-electron chi connectivity index (χ2n) is 4.47. The molecule has 0 atom stereocenters. The summed E-state index contributed by atoms with van der Waals surface area (Å²) < 4.78 is 20.3. The second kappa shape index (κ2) is 5.54. The highest BCUT2D eigenvalue weighted by atomic mass is 32.1. The molecule has 0 aliphatic rings. The summed E-state index contributed by atoms with van der Waals surface area (Å²) in [5, 5.41) is 12.0. The lowest BCUT2D eigenvalue weighted by atomic mass is 10.2. The first-order valence-electron chi connectivity index (χ1n) is 6.26. The van der Waals surface area contributed by atoms with Crippen LogP contribution in [0.15, 0.2) is 47.8 Å². The van der Waals surface area contributed by atoms with E-state index in [2.05, 4.69) is 0 Å². The fraction of sp³-hybridized carbons (Fsp3) is 0.0625. The normalized spacial score (nSPS) is 10.7. The van der Waals surface area contributed by atoms with E-state index in [1.807, 2.05) is 29.6 Å². The van der Waals surface area contributed by atoms with Gasteiger partial charge in [-0.25, -0.2) is 9.18 Å². The molecule has 1 N–H and O–H groups in total. The Balaban J connectivity index is 1.90. The van der Waals surface area contributed by atoms with Gasteiger partial charge in [-0.15, -0.1) is 11.3 Å². The Bertz CT molecular complexity index is 810. The van der Waals surface area contributed by atoms with Crippen LogP contribution < -0.4 is 4.74 Å². The zero-order valence-electron chi connectivity index (χ0n) is 10.9. The number of carboxylic acids is 1. The maximum atomic E-state index is 13.8. The van der Waals surface area contributed by atoms with Gasteiger partial charge in [-0.05, 0) is 29.0 Å². The van der Waals surface area contributed by atoms with E-state index in [9.17, 15) is 9.18 Å². The summed E-state index contributed by atoms with van der Waals surface area (Å²) in [6.45, 7) is 0.130. The van der Waals surface area contributed by atoms with Crippen molar-refractivity contribution in [2.45, 2.75) is 6.61 Å². The number of ether oxygens (including phenoxy) is 1. The molecule has 0 spiro atoms. The molecular formula is C16H11FO3S. The Labute approximate surface area is 124 Å². The minimum atomic E-state index is -1.21. The predicted octanol–water partition coefficient (Wildman–Crippen LogP) is 4.32. The largest absolute Gasteiger partial charge is 0.485 e. The van der Waals surface area contributed by atoms with Gasteiger partial charge in [0.2, 0.25) is 0 Å². The van der Waals surface area contributed by atoms with Crippen molar-refractivity contribution in [1.82, 2.24) is 0 Å². The number of carboxylic acid groups (broad SMARTS) is 1. The molecule has 0 unspecified atom stereocenters. The van der Waals surface area contributed by atoms with Gasteiger partial charge in [0.1, 0.15) is 12.2 Å². The molecule has 0 bridgehead atoms. The molecule has 3 rings (SSSR count). The van der Waals surface area contributed by atoms with Crippen molar-refractivity contribution in [2.75, 3.05) is 0 Å². The standard InChI is InChI=1S/C16H11FO3S/c17-13-6-3-5-12(16(18)19)15(13)20-8-10-9-21-14-7-2-1-4-11(10)14/h1-7,9H,8H2,(H,18,19). The van der Waals surface area contributed by atoms with E-state index in [1.165, 1.54) is 18.2 Å². The number of carbonyl (C=O) groups is 1. The van der Waals surface area contributed by atoms with Crippen molar-refractivity contribution >= 4 is 27.4 Å². The predicted molar refractivity (Wildman–Crippen MR) is 79.5 cm³/mol. The van der Waals surface area contributed by atoms with E-state index >= 15 is 0 Å². The quantitative estimate of drug-likeness (QED) is 0.781. The van der Waals surface area contributed by atoms with E-state index in [0.717, 1.165) is 15.6 Å². The summed E-state index contributed by atoms with van der Waals surface area (Å²) in [6, 6.07) is 11.7. The number of fused-ring (bicyclic) bond motifs is 1. The van der Waals surface area contributed by atoms with Gasteiger partial charge in [-0.3, -0.25) is 0 Å². The SMILES string of the molecule is O=C(O)c1cccc(F)c1OCc1csc2ccccc12. The molecule has 106 valence electrons. The summed E-state index contributed by atoms with van der Waals surface area (Å²) in [5.74, 6) is -2.10. The molecule has 0 aliphatic carbocycles. The maximum Gasteiger partial charge on any atom is 0.339 e. The van der Waals surface area contributed by atoms with E-state index in [4.69, 9.17) is 9.84 Å². The molecule has 1 aromatic heterocycles. The molecule has 1 heterocycles. The van der Waals surface area contributed by atoms with Crippen LogP contribution >= 0.6 is 11.3 Å². The Hall–Kier alpha value is -2.40. The van der Waals surface area contributed by atoms with Crippen LogP contribution in [0.5, 0.6) is 5.75 Å². The minimum Gasteiger partial charge on any atom is -0.485 e. The van der Waals surface area contributed by atoms with E-state index < -0.39 is 11.8 Å². The number of benzene rings is 2. The molecule has 0 saturated carbocycles. The fourth-order valence-corrected chi connectivity index (χ4v) is 3.07. The number of hydrogen-bond donors (Lipinski definition) is 1. The van der Waals surface area contributed by atoms with Crippen molar-refractivity contribution < 1.29 is 19.0 Å². The molecule has 0 saturated heterocycles. The highest BCUT2D eigenvalue weighted by Crippen LogP contribution is 2.28. The highest BCUT2D eigenvalue weighted by molar-refractivity contribution is 7.17. The Morgan fingerprint density at radius 2 is 2.00 bits per heavy atom. The zero-order valence-corrected chi connectivity index (χ0v) is 11.7. The lowest BCUT2D eigenvalue weighted by molar-refractivity contribution is 0.0690. The second-order valence-corrected chi connectivity index (χ2v) is 5.38. The average Bonchev–Trinajstić information content (AvgIpc) is 2.89. The van der Waals surface area contributed by atoms with Gasteiger partial charge in [-0.1, -0.05) is 24.3 Å². The molecule has 0 aliphatic heterocycles. The summed E-state index contributed by atoms with van der Waals surface area (Å²) in [6.07, 6.45) is 0. The van der Waals surface area contributed by atoms with Crippen molar-refractivity contribution in [3.05, 3.63) is 64.8 Å². The molecule has 3 nitrogen and oxygen atoms in total. The van der Waals surface area contributed by atoms with Crippen LogP contribution in [0.3, 0.4) is 0 Å². The number of hydrogen-bond acceptors (Lipinski definition) is 3. The molecule has 0 fully saturated rings. The smallest absolute Gasteiger partial charge is 0.339 e. The topological polar surface area (TPSA) is 46.5 Å². The summed E-state index contributed by atoms with van der Waals surface area (Å²) >= 11 is 1.57. The Kier molecular flexibility index (Phi) is 3.58. The summed E-state index contributed by atoms with van der Waals surface area (Å²) in [7, 11) is 0. The van der Waals surface area contributed by atoms with Crippen LogP contribution in [0.1, 0.15) is 15.9 Å². The van der Waals surface area contributed by atoms with Crippen molar-refractivity contribution in [2.24, 2.45) is 0 Å². The first-order chi connectivity index (χ1) is 10.2. The highest BCUT2D eigenvalue weighted by Gasteiger charge is 2.16. The number of rotatable bonds is 4. The number of para-hydroxylation sites is 1. The average molecular weight is 302 g/mol. The Morgan fingerprint density at radius 3 is 2.81 bits per heavy atom. The lowest BCUT2D eigenvalue weighted by Gasteiger charge is -2.09. The minimum absolute atomic E-state index is 0.130. The van der Waals surface area contributed by atoms with Gasteiger partial charge in [-0.2, -0.15) is 0 Å². The van der Waals surface area contributed by atoms with Gasteiger partial charge in [0, 0.05) is 10.3 Å². The molecule has 21 heavy (non-hydrogen) atoms. The van der Waals surface area contributed by atoms with Crippen LogP contribution in [0.25, 0.3) is 10.1 Å². The van der Waals surface area contributed by atoms with Gasteiger partial charge in [0.05, 0.1) is 0 Å². The van der Waals surface area contributed by atoms with Gasteiger partial charge >= 0.3 is 5.97 Å². The summed E-state index contributed by atoms with van der Waals surface area (Å²) in [4.78, 5) is 11.1. The first kappa shape index (κ1) is 13.6. The molecule has 3 aromatic rings. The Morgan fingerprint density at radius 1 is 1.19 bits per heavy atom. The maximum absolute atomic E-state index is 13.8. The van der Waals surface area contributed by atoms with Crippen LogP contribution in [0.2, 0.25) is 0 Å². The van der Waals surface area contributed by atoms with Gasteiger partial charge in [0.15, 0.2) is 11.6 Å².